The maximum Gasteiger partial charge on any atom is 0.326 e. The minimum atomic E-state index is -1.28. The number of hydrogen-bond donors (Lipinski definition) is 4. The number of carbonyl (C=O) groups excluding carboxylic acids is 1. The Bertz CT molecular complexity index is 515. The van der Waals surface area contributed by atoms with E-state index in [1.165, 1.54) is 4.68 Å². The Balaban J connectivity index is 2.32. The molecule has 0 aliphatic rings. The summed E-state index contributed by atoms with van der Waals surface area (Å²) in [5.74, 6) is -2.40. The highest BCUT2D eigenvalue weighted by Crippen LogP contribution is 1.98. The Hall–Kier alpha value is -2.65. The third-order valence-corrected chi connectivity index (χ3v) is 2.53. The monoisotopic (exact) mass is 299 g/mol. The van der Waals surface area contributed by atoms with Crippen LogP contribution in [0.1, 0.15) is 18.5 Å². The van der Waals surface area contributed by atoms with Crippen molar-refractivity contribution < 1.29 is 24.6 Å². The number of aromatic nitrogens is 3. The number of hydrogen-bond acceptors (Lipinski definition) is 5. The Morgan fingerprint density at radius 2 is 2.10 bits per heavy atom. The van der Waals surface area contributed by atoms with Crippen LogP contribution >= 0.6 is 0 Å². The zero-order valence-corrected chi connectivity index (χ0v) is 11.4. The van der Waals surface area contributed by atoms with E-state index >= 15 is 0 Å². The predicted octanol–water partition coefficient (Wildman–Crippen LogP) is -0.796. The normalized spacial score (nSPS) is 11.7. The van der Waals surface area contributed by atoms with Gasteiger partial charge in [-0.15, -0.1) is 5.10 Å². The molecule has 4 N–H and O–H groups in total. The number of carboxylic acid groups (broad SMARTS) is 2. The predicted molar refractivity (Wildman–Crippen MR) is 69.6 cm³/mol. The smallest absolute Gasteiger partial charge is 0.326 e. The standard InChI is InChI=1S/C11H17N5O5/c1-7-6-16(15-14-7)5-4-12-11(21)13-8(10(19)20)2-3-9(17)18/h6,8H,2-5H2,1H3,(H,17,18)(H,19,20)(H2,12,13,21)/t8-/m0/s1. The van der Waals surface area contributed by atoms with E-state index < -0.39 is 24.0 Å². The van der Waals surface area contributed by atoms with Crippen molar-refractivity contribution in [2.75, 3.05) is 6.54 Å². The Kier molecular flexibility index (Phi) is 6.11. The van der Waals surface area contributed by atoms with Crippen LogP contribution in [-0.4, -0.2) is 55.8 Å². The lowest BCUT2D eigenvalue weighted by atomic mass is 10.1. The van der Waals surface area contributed by atoms with E-state index in [2.05, 4.69) is 20.9 Å². The van der Waals surface area contributed by atoms with Gasteiger partial charge in [-0.05, 0) is 13.3 Å². The van der Waals surface area contributed by atoms with Gasteiger partial charge in [0.15, 0.2) is 0 Å². The molecule has 0 radical (unpaired) electrons. The molecule has 0 bridgehead atoms. The number of nitrogens with zero attached hydrogens (tertiary/aromatic N) is 3. The molecule has 1 aromatic heterocycles. The molecule has 21 heavy (non-hydrogen) atoms. The summed E-state index contributed by atoms with van der Waals surface area (Å²) in [4.78, 5) is 32.8. The minimum absolute atomic E-state index is 0.180. The van der Waals surface area contributed by atoms with Crippen molar-refractivity contribution in [3.05, 3.63) is 11.9 Å². The molecule has 10 heteroatoms. The maximum atomic E-state index is 11.5. The Morgan fingerprint density at radius 3 is 2.62 bits per heavy atom. The molecule has 0 aliphatic carbocycles. The van der Waals surface area contributed by atoms with Gasteiger partial charge in [0.05, 0.1) is 12.2 Å². The second kappa shape index (κ2) is 7.82. The molecular weight excluding hydrogens is 282 g/mol. The SMILES string of the molecule is Cc1cn(CCNC(=O)N[C@@H](CCC(=O)O)C(=O)O)nn1. The molecule has 10 nitrogen and oxygen atoms in total. The van der Waals surface area contributed by atoms with E-state index in [1.54, 1.807) is 13.1 Å². The van der Waals surface area contributed by atoms with Gasteiger partial charge in [0.25, 0.3) is 0 Å². The number of rotatable bonds is 8. The van der Waals surface area contributed by atoms with Crippen LogP contribution in [0.5, 0.6) is 0 Å². The number of nitrogens with one attached hydrogen (secondary N) is 2. The lowest BCUT2D eigenvalue weighted by Gasteiger charge is -2.14. The molecule has 116 valence electrons. The summed E-state index contributed by atoms with van der Waals surface area (Å²) in [6, 6.07) is -1.92. The summed E-state index contributed by atoms with van der Waals surface area (Å²) in [6.45, 7) is 2.41. The Labute approximate surface area is 120 Å². The van der Waals surface area contributed by atoms with Gasteiger partial charge in [-0.25, -0.2) is 9.59 Å². The van der Waals surface area contributed by atoms with Crippen LogP contribution in [0.4, 0.5) is 4.79 Å². The van der Waals surface area contributed by atoms with Gasteiger partial charge in [0.1, 0.15) is 6.04 Å². The third kappa shape index (κ3) is 6.36. The molecule has 1 aromatic rings. The van der Waals surface area contributed by atoms with Crippen LogP contribution in [0.2, 0.25) is 0 Å². The topological polar surface area (TPSA) is 146 Å². The number of amides is 2. The van der Waals surface area contributed by atoms with Crippen molar-refractivity contribution in [1.82, 2.24) is 25.6 Å². The van der Waals surface area contributed by atoms with Gasteiger partial charge in [-0.3, -0.25) is 9.48 Å². The highest BCUT2D eigenvalue weighted by molar-refractivity contribution is 5.82. The first kappa shape index (κ1) is 16.4. The first-order valence-corrected chi connectivity index (χ1v) is 6.24. The first-order chi connectivity index (χ1) is 9.88. The maximum absolute atomic E-state index is 11.5. The van der Waals surface area contributed by atoms with Crippen LogP contribution in [-0.2, 0) is 16.1 Å². The molecule has 0 saturated carbocycles. The van der Waals surface area contributed by atoms with Crippen LogP contribution in [0.3, 0.4) is 0 Å². The van der Waals surface area contributed by atoms with Crippen molar-refractivity contribution >= 4 is 18.0 Å². The van der Waals surface area contributed by atoms with Crippen LogP contribution in [0.25, 0.3) is 0 Å². The average molecular weight is 299 g/mol. The molecule has 0 aromatic carbocycles. The summed E-state index contributed by atoms with van der Waals surface area (Å²) in [5.41, 5.74) is 0.749. The van der Waals surface area contributed by atoms with E-state index in [0.29, 0.717) is 6.54 Å². The summed E-state index contributed by atoms with van der Waals surface area (Å²) in [6.07, 6.45) is 1.18. The first-order valence-electron chi connectivity index (χ1n) is 6.24. The van der Waals surface area contributed by atoms with E-state index in [1.807, 2.05) is 0 Å². The second-order valence-corrected chi connectivity index (χ2v) is 4.35. The third-order valence-electron chi connectivity index (χ3n) is 2.53. The van der Waals surface area contributed by atoms with Gasteiger partial charge >= 0.3 is 18.0 Å². The number of aliphatic carboxylic acids is 2. The molecular formula is C11H17N5O5. The van der Waals surface area contributed by atoms with Gasteiger partial charge < -0.3 is 20.8 Å². The van der Waals surface area contributed by atoms with Gasteiger partial charge in [-0.2, -0.15) is 0 Å². The van der Waals surface area contributed by atoms with Gasteiger partial charge in [-0.1, -0.05) is 5.21 Å². The van der Waals surface area contributed by atoms with Crippen molar-refractivity contribution in [1.29, 1.82) is 0 Å². The molecule has 0 aliphatic heterocycles. The fourth-order valence-electron chi connectivity index (χ4n) is 1.52. The van der Waals surface area contributed by atoms with Crippen LogP contribution < -0.4 is 10.6 Å². The van der Waals surface area contributed by atoms with Crippen molar-refractivity contribution in [2.24, 2.45) is 0 Å². The molecule has 1 heterocycles. The van der Waals surface area contributed by atoms with Crippen molar-refractivity contribution in [3.63, 3.8) is 0 Å². The largest absolute Gasteiger partial charge is 0.481 e. The zero-order chi connectivity index (χ0) is 15.8. The fraction of sp³-hybridized carbons (Fsp3) is 0.545. The molecule has 1 rings (SSSR count). The van der Waals surface area contributed by atoms with Gasteiger partial charge in [0, 0.05) is 19.2 Å². The lowest BCUT2D eigenvalue weighted by Crippen LogP contribution is -2.46. The van der Waals surface area contributed by atoms with Gasteiger partial charge in [0.2, 0.25) is 0 Å². The highest BCUT2D eigenvalue weighted by atomic mass is 16.4. The van der Waals surface area contributed by atoms with E-state index in [0.717, 1.165) is 5.69 Å². The number of carbonyl (C=O) groups is 3. The molecule has 0 unspecified atom stereocenters. The summed E-state index contributed by atoms with van der Waals surface area (Å²) < 4.78 is 1.54. The van der Waals surface area contributed by atoms with Crippen molar-refractivity contribution in [2.45, 2.75) is 32.4 Å². The zero-order valence-electron chi connectivity index (χ0n) is 11.4. The average Bonchev–Trinajstić information content (AvgIpc) is 2.79. The summed E-state index contributed by atoms with van der Waals surface area (Å²) in [5, 5.41) is 29.6. The summed E-state index contributed by atoms with van der Waals surface area (Å²) >= 11 is 0. The van der Waals surface area contributed by atoms with Crippen LogP contribution in [0, 0.1) is 6.92 Å². The van der Waals surface area contributed by atoms with E-state index in [-0.39, 0.29) is 19.4 Å². The molecule has 0 saturated heterocycles. The molecule has 2 amide bonds. The lowest BCUT2D eigenvalue weighted by molar-refractivity contribution is -0.140. The quantitative estimate of drug-likeness (QED) is 0.491. The fourth-order valence-corrected chi connectivity index (χ4v) is 1.52. The number of carboxylic acids is 2. The van der Waals surface area contributed by atoms with E-state index in [4.69, 9.17) is 10.2 Å². The Morgan fingerprint density at radius 1 is 1.38 bits per heavy atom. The number of aryl methyl sites for hydroxylation is 1. The van der Waals surface area contributed by atoms with Crippen LogP contribution in [0.15, 0.2) is 6.20 Å². The highest BCUT2D eigenvalue weighted by Gasteiger charge is 2.20. The minimum Gasteiger partial charge on any atom is -0.481 e. The molecule has 0 fully saturated rings. The molecule has 0 spiro atoms. The van der Waals surface area contributed by atoms with Crippen molar-refractivity contribution in [3.8, 4) is 0 Å². The summed E-state index contributed by atoms with van der Waals surface area (Å²) in [7, 11) is 0. The molecule has 1 atom stereocenters. The second-order valence-electron chi connectivity index (χ2n) is 4.35. The van der Waals surface area contributed by atoms with E-state index in [9.17, 15) is 14.4 Å². The number of urea groups is 1.